The Balaban J connectivity index is 2.15. The number of carboxylic acids is 1. The summed E-state index contributed by atoms with van der Waals surface area (Å²) in [5, 5.41) is 8.77. The highest BCUT2D eigenvalue weighted by Crippen LogP contribution is 2.29. The Bertz CT molecular complexity index is 494. The second-order valence-electron chi connectivity index (χ2n) is 5.47. The molecule has 0 bridgehead atoms. The lowest BCUT2D eigenvalue weighted by atomic mass is 10.00. The van der Waals surface area contributed by atoms with E-state index in [0.717, 1.165) is 12.1 Å². The van der Waals surface area contributed by atoms with Gasteiger partial charge in [0.1, 0.15) is 5.60 Å². The molecule has 5 nitrogen and oxygen atoms in total. The van der Waals surface area contributed by atoms with Gasteiger partial charge in [0, 0.05) is 25.3 Å². The number of rotatable bonds is 6. The van der Waals surface area contributed by atoms with Gasteiger partial charge >= 0.3 is 5.97 Å². The fraction of sp³-hybridized carbons (Fsp3) is 0.500. The Morgan fingerprint density at radius 3 is 2.62 bits per heavy atom. The molecule has 1 fully saturated rings. The second kappa shape index (κ2) is 6.72. The molecule has 0 radical (unpaired) electrons. The number of hydrogen-bond donors (Lipinski definition) is 1. The molecule has 114 valence electrons. The van der Waals surface area contributed by atoms with Gasteiger partial charge < -0.3 is 14.7 Å². The highest BCUT2D eigenvalue weighted by Gasteiger charge is 2.40. The molecule has 21 heavy (non-hydrogen) atoms. The summed E-state index contributed by atoms with van der Waals surface area (Å²) >= 11 is 0. The smallest absolute Gasteiger partial charge is 0.303 e. The molecule has 1 N–H and O–H groups in total. The summed E-state index contributed by atoms with van der Waals surface area (Å²) in [5.41, 5.74) is -0.0105. The molecule has 1 saturated heterocycles. The van der Waals surface area contributed by atoms with Crippen LogP contribution in [0.5, 0.6) is 0 Å². The number of benzene rings is 1. The molecule has 0 aromatic heterocycles. The number of hydrogen-bond acceptors (Lipinski definition) is 3. The Morgan fingerprint density at radius 2 is 2.05 bits per heavy atom. The quantitative estimate of drug-likeness (QED) is 0.874. The summed E-state index contributed by atoms with van der Waals surface area (Å²) in [6.07, 6.45) is 2.05. The predicted octanol–water partition coefficient (Wildman–Crippen LogP) is 2.45. The number of nitrogens with zero attached hydrogens (tertiary/aromatic N) is 1. The van der Waals surface area contributed by atoms with Crippen molar-refractivity contribution in [1.82, 2.24) is 0 Å². The third-order valence-electron chi connectivity index (χ3n) is 3.76. The zero-order valence-corrected chi connectivity index (χ0v) is 12.2. The normalized spacial score (nSPS) is 21.2. The molecule has 1 unspecified atom stereocenters. The molecular weight excluding hydrogens is 270 g/mol. The van der Waals surface area contributed by atoms with Gasteiger partial charge in [0.2, 0.25) is 0 Å². The molecule has 0 saturated carbocycles. The van der Waals surface area contributed by atoms with Crippen molar-refractivity contribution in [2.75, 3.05) is 18.1 Å². The van der Waals surface area contributed by atoms with Crippen LogP contribution in [0, 0.1) is 0 Å². The zero-order valence-electron chi connectivity index (χ0n) is 12.2. The van der Waals surface area contributed by atoms with Crippen molar-refractivity contribution in [1.29, 1.82) is 0 Å². The highest BCUT2D eigenvalue weighted by atomic mass is 16.5. The maximum absolute atomic E-state index is 12.8. The molecule has 1 aromatic rings. The third-order valence-corrected chi connectivity index (χ3v) is 3.76. The molecule has 2 rings (SSSR count). The Hall–Kier alpha value is -1.88. The van der Waals surface area contributed by atoms with Gasteiger partial charge in [0.25, 0.3) is 5.91 Å². The molecule has 5 heteroatoms. The minimum absolute atomic E-state index is 0.0498. The maximum Gasteiger partial charge on any atom is 0.303 e. The molecule has 1 aliphatic rings. The molecule has 1 amide bonds. The number of carboxylic acid groups (broad SMARTS) is 1. The number of para-hydroxylation sites is 1. The summed E-state index contributed by atoms with van der Waals surface area (Å²) in [6.45, 7) is 2.80. The molecule has 1 heterocycles. The SMILES string of the molecule is CC1(C(=O)N(CCCC(=O)O)c2ccccc2)CCCO1. The average Bonchev–Trinajstić information content (AvgIpc) is 2.92. The second-order valence-corrected chi connectivity index (χ2v) is 5.47. The molecule has 1 aromatic carbocycles. The average molecular weight is 291 g/mol. The Morgan fingerprint density at radius 1 is 1.33 bits per heavy atom. The number of carbonyl (C=O) groups is 2. The van der Waals surface area contributed by atoms with Crippen LogP contribution in [-0.2, 0) is 14.3 Å². The van der Waals surface area contributed by atoms with Crippen molar-refractivity contribution in [3.8, 4) is 0 Å². The molecule has 0 aliphatic carbocycles. The van der Waals surface area contributed by atoms with Crippen LogP contribution < -0.4 is 4.90 Å². The van der Waals surface area contributed by atoms with Gasteiger partial charge in [-0.15, -0.1) is 0 Å². The van der Waals surface area contributed by atoms with Gasteiger partial charge in [0.15, 0.2) is 0 Å². The number of anilines is 1. The van der Waals surface area contributed by atoms with Gasteiger partial charge in [-0.1, -0.05) is 18.2 Å². The van der Waals surface area contributed by atoms with E-state index in [1.807, 2.05) is 37.3 Å². The summed E-state index contributed by atoms with van der Waals surface area (Å²) in [5.74, 6) is -0.935. The lowest BCUT2D eigenvalue weighted by Gasteiger charge is -2.31. The van der Waals surface area contributed by atoms with E-state index in [-0.39, 0.29) is 12.3 Å². The fourth-order valence-corrected chi connectivity index (χ4v) is 2.58. The van der Waals surface area contributed by atoms with E-state index < -0.39 is 11.6 Å². The summed E-state index contributed by atoms with van der Waals surface area (Å²) < 4.78 is 5.62. The van der Waals surface area contributed by atoms with Crippen LogP contribution in [0.2, 0.25) is 0 Å². The van der Waals surface area contributed by atoms with Crippen LogP contribution in [-0.4, -0.2) is 35.7 Å². The molecular formula is C16H21NO4. The van der Waals surface area contributed by atoms with E-state index in [9.17, 15) is 9.59 Å². The fourth-order valence-electron chi connectivity index (χ4n) is 2.58. The van der Waals surface area contributed by atoms with Crippen molar-refractivity contribution >= 4 is 17.6 Å². The monoisotopic (exact) mass is 291 g/mol. The van der Waals surface area contributed by atoms with Gasteiger partial charge in [-0.3, -0.25) is 9.59 Å². The van der Waals surface area contributed by atoms with E-state index in [2.05, 4.69) is 0 Å². The zero-order chi connectivity index (χ0) is 15.3. The first kappa shape index (κ1) is 15.5. The maximum atomic E-state index is 12.8. The summed E-state index contributed by atoms with van der Waals surface area (Å²) in [6, 6.07) is 9.33. The van der Waals surface area contributed by atoms with Crippen LogP contribution in [0.25, 0.3) is 0 Å². The summed E-state index contributed by atoms with van der Waals surface area (Å²) in [7, 11) is 0. The van der Waals surface area contributed by atoms with Crippen molar-refractivity contribution < 1.29 is 19.4 Å². The number of carbonyl (C=O) groups excluding carboxylic acids is 1. The van der Waals surface area contributed by atoms with E-state index >= 15 is 0 Å². The topological polar surface area (TPSA) is 66.8 Å². The minimum atomic E-state index is -0.848. The predicted molar refractivity (Wildman–Crippen MR) is 79.3 cm³/mol. The lowest BCUT2D eigenvalue weighted by Crippen LogP contribution is -2.47. The van der Waals surface area contributed by atoms with Crippen LogP contribution >= 0.6 is 0 Å². The van der Waals surface area contributed by atoms with Gasteiger partial charge in [-0.2, -0.15) is 0 Å². The van der Waals surface area contributed by atoms with E-state index in [1.165, 1.54) is 0 Å². The minimum Gasteiger partial charge on any atom is -0.481 e. The number of aliphatic carboxylic acids is 1. The van der Waals surface area contributed by atoms with Gasteiger partial charge in [-0.05, 0) is 38.3 Å². The molecule has 1 atom stereocenters. The lowest BCUT2D eigenvalue weighted by molar-refractivity contribution is -0.138. The van der Waals surface area contributed by atoms with E-state index in [0.29, 0.717) is 26.0 Å². The largest absolute Gasteiger partial charge is 0.481 e. The van der Waals surface area contributed by atoms with E-state index in [1.54, 1.807) is 4.90 Å². The van der Waals surface area contributed by atoms with Crippen molar-refractivity contribution in [2.45, 2.75) is 38.2 Å². The first-order valence-corrected chi connectivity index (χ1v) is 7.26. The van der Waals surface area contributed by atoms with Crippen LogP contribution in [0.15, 0.2) is 30.3 Å². The van der Waals surface area contributed by atoms with Crippen LogP contribution in [0.1, 0.15) is 32.6 Å². The molecule has 1 aliphatic heterocycles. The first-order valence-electron chi connectivity index (χ1n) is 7.26. The third kappa shape index (κ3) is 3.82. The van der Waals surface area contributed by atoms with Crippen molar-refractivity contribution in [3.05, 3.63) is 30.3 Å². The van der Waals surface area contributed by atoms with Gasteiger partial charge in [0.05, 0.1) is 0 Å². The first-order chi connectivity index (χ1) is 10.0. The van der Waals surface area contributed by atoms with Crippen LogP contribution in [0.3, 0.4) is 0 Å². The Labute approximate surface area is 124 Å². The standard InChI is InChI=1S/C16H21NO4/c1-16(10-6-12-21-16)15(20)17(11-5-9-14(18)19)13-7-3-2-4-8-13/h2-4,7-8H,5-6,9-12H2,1H3,(H,18,19). The number of ether oxygens (including phenoxy) is 1. The van der Waals surface area contributed by atoms with Crippen LogP contribution in [0.4, 0.5) is 5.69 Å². The highest BCUT2D eigenvalue weighted by molar-refractivity contribution is 5.99. The summed E-state index contributed by atoms with van der Waals surface area (Å²) in [4.78, 5) is 25.1. The van der Waals surface area contributed by atoms with Crippen molar-refractivity contribution in [3.63, 3.8) is 0 Å². The molecule has 0 spiro atoms. The van der Waals surface area contributed by atoms with Crippen molar-refractivity contribution in [2.24, 2.45) is 0 Å². The number of amides is 1. The van der Waals surface area contributed by atoms with Gasteiger partial charge in [-0.25, -0.2) is 0 Å². The Kier molecular flexibility index (Phi) is 4.96. The van der Waals surface area contributed by atoms with E-state index in [4.69, 9.17) is 9.84 Å².